The van der Waals surface area contributed by atoms with Crippen LogP contribution in [0.5, 0.6) is 0 Å². The van der Waals surface area contributed by atoms with Crippen LogP contribution in [0.25, 0.3) is 0 Å². The summed E-state index contributed by atoms with van der Waals surface area (Å²) in [5, 5.41) is 12.4. The number of nitrogens with one attached hydrogen (secondary N) is 1. The molecule has 6 nitrogen and oxygen atoms in total. The van der Waals surface area contributed by atoms with E-state index in [4.69, 9.17) is 11.6 Å². The van der Waals surface area contributed by atoms with E-state index in [-0.39, 0.29) is 17.1 Å². The van der Waals surface area contributed by atoms with Gasteiger partial charge in [-0.2, -0.15) is 0 Å². The molecule has 1 aromatic carbocycles. The fourth-order valence-corrected chi connectivity index (χ4v) is 3.65. The minimum Gasteiger partial charge on any atom is -0.481 e. The number of nitrogens with zero attached hydrogens (tertiary/aromatic N) is 2. The van der Waals surface area contributed by atoms with Crippen LogP contribution < -0.4 is 10.2 Å². The molecule has 2 aliphatic rings. The molecule has 0 saturated carbocycles. The minimum atomic E-state index is -0.804. The molecule has 0 aliphatic carbocycles. The number of carboxylic acid groups (broad SMARTS) is 1. The lowest BCUT2D eigenvalue weighted by molar-refractivity contribution is -0.150. The number of rotatable bonds is 3. The number of amides is 2. The largest absolute Gasteiger partial charge is 0.481 e. The normalized spacial score (nSPS) is 22.3. The molecule has 2 fully saturated rings. The molecule has 0 bridgehead atoms. The molecule has 0 unspecified atom stereocenters. The van der Waals surface area contributed by atoms with E-state index in [1.807, 2.05) is 0 Å². The van der Waals surface area contributed by atoms with Crippen LogP contribution in [0.1, 0.15) is 26.2 Å². The van der Waals surface area contributed by atoms with Gasteiger partial charge in [0, 0.05) is 37.9 Å². The van der Waals surface area contributed by atoms with E-state index in [2.05, 4.69) is 10.2 Å². The van der Waals surface area contributed by atoms with Gasteiger partial charge in [-0.3, -0.25) is 4.79 Å². The number of anilines is 1. The van der Waals surface area contributed by atoms with Gasteiger partial charge in [-0.15, -0.1) is 0 Å². The van der Waals surface area contributed by atoms with E-state index in [1.54, 1.807) is 24.0 Å². The monoisotopic (exact) mass is 383 g/mol. The third kappa shape index (κ3) is 3.87. The summed E-state index contributed by atoms with van der Waals surface area (Å²) in [7, 11) is 0. The van der Waals surface area contributed by atoms with Crippen molar-refractivity contribution in [2.45, 2.75) is 32.2 Å². The van der Waals surface area contributed by atoms with Crippen molar-refractivity contribution in [1.82, 2.24) is 10.2 Å². The van der Waals surface area contributed by atoms with Crippen molar-refractivity contribution in [3.8, 4) is 0 Å². The van der Waals surface area contributed by atoms with Crippen LogP contribution in [-0.4, -0.2) is 54.2 Å². The molecule has 3 rings (SSSR count). The molecule has 0 radical (unpaired) electrons. The average Bonchev–Trinajstić information content (AvgIpc) is 3.06. The minimum absolute atomic E-state index is 0.000822. The molecule has 1 atom stereocenters. The zero-order valence-corrected chi connectivity index (χ0v) is 15.4. The van der Waals surface area contributed by atoms with Gasteiger partial charge < -0.3 is 20.2 Å². The number of hydrogen-bond acceptors (Lipinski definition) is 3. The van der Waals surface area contributed by atoms with E-state index in [9.17, 15) is 19.1 Å². The topological polar surface area (TPSA) is 72.9 Å². The van der Waals surface area contributed by atoms with Crippen LogP contribution in [0.2, 0.25) is 5.02 Å². The zero-order valence-electron chi connectivity index (χ0n) is 14.7. The first-order chi connectivity index (χ1) is 12.3. The van der Waals surface area contributed by atoms with Crippen LogP contribution in [0.4, 0.5) is 14.9 Å². The van der Waals surface area contributed by atoms with E-state index in [1.165, 1.54) is 6.07 Å². The lowest BCUT2D eigenvalue weighted by atomic mass is 9.80. The second-order valence-electron chi connectivity index (χ2n) is 7.33. The van der Waals surface area contributed by atoms with E-state index in [0.717, 1.165) is 18.7 Å². The quantitative estimate of drug-likeness (QED) is 0.841. The Morgan fingerprint density at radius 2 is 2.00 bits per heavy atom. The molecule has 0 spiro atoms. The van der Waals surface area contributed by atoms with E-state index >= 15 is 0 Å². The van der Waals surface area contributed by atoms with Crippen molar-refractivity contribution in [3.05, 3.63) is 29.0 Å². The molecule has 142 valence electrons. The number of carbonyl (C=O) groups excluding carboxylic acids is 1. The van der Waals surface area contributed by atoms with Gasteiger partial charge >= 0.3 is 12.0 Å². The van der Waals surface area contributed by atoms with Crippen LogP contribution in [0.15, 0.2) is 18.2 Å². The second kappa shape index (κ2) is 7.31. The van der Waals surface area contributed by atoms with Gasteiger partial charge in [0.25, 0.3) is 0 Å². The lowest BCUT2D eigenvalue weighted by Gasteiger charge is -2.36. The fourth-order valence-electron chi connectivity index (χ4n) is 3.48. The van der Waals surface area contributed by atoms with Gasteiger partial charge in [-0.25, -0.2) is 9.18 Å². The Morgan fingerprint density at radius 1 is 1.31 bits per heavy atom. The Labute approximate surface area is 156 Å². The Kier molecular flexibility index (Phi) is 5.27. The van der Waals surface area contributed by atoms with Crippen LogP contribution in [-0.2, 0) is 4.79 Å². The van der Waals surface area contributed by atoms with Crippen molar-refractivity contribution in [2.24, 2.45) is 5.41 Å². The number of carbonyl (C=O) groups is 2. The highest BCUT2D eigenvalue weighted by molar-refractivity contribution is 6.31. The van der Waals surface area contributed by atoms with E-state index in [0.29, 0.717) is 32.5 Å². The summed E-state index contributed by atoms with van der Waals surface area (Å²) in [6.45, 7) is 4.00. The number of aliphatic carboxylic acids is 1. The highest BCUT2D eigenvalue weighted by Gasteiger charge is 2.38. The Morgan fingerprint density at radius 3 is 2.62 bits per heavy atom. The van der Waals surface area contributed by atoms with Gasteiger partial charge in [0.15, 0.2) is 0 Å². The van der Waals surface area contributed by atoms with E-state index < -0.39 is 17.2 Å². The summed E-state index contributed by atoms with van der Waals surface area (Å²) in [5.41, 5.74) is 0.0892. The molecular weight excluding hydrogens is 361 g/mol. The third-order valence-electron chi connectivity index (χ3n) is 5.45. The van der Waals surface area contributed by atoms with Gasteiger partial charge in [0.2, 0.25) is 0 Å². The van der Waals surface area contributed by atoms with Crippen LogP contribution in [0, 0.1) is 11.2 Å². The van der Waals surface area contributed by atoms with Gasteiger partial charge in [-0.1, -0.05) is 11.6 Å². The molecule has 2 heterocycles. The number of benzene rings is 1. The maximum Gasteiger partial charge on any atom is 0.317 e. The fraction of sp³-hybridized carbons (Fsp3) is 0.556. The number of piperidine rings is 1. The smallest absolute Gasteiger partial charge is 0.317 e. The molecule has 2 saturated heterocycles. The molecule has 2 N–H and O–H groups in total. The summed E-state index contributed by atoms with van der Waals surface area (Å²) >= 11 is 5.84. The Balaban J connectivity index is 1.52. The maximum atomic E-state index is 13.3. The summed E-state index contributed by atoms with van der Waals surface area (Å²) in [5.74, 6) is -1.25. The van der Waals surface area contributed by atoms with Gasteiger partial charge in [0.05, 0.1) is 10.4 Å². The molecule has 26 heavy (non-hydrogen) atoms. The summed E-state index contributed by atoms with van der Waals surface area (Å²) in [6.07, 6.45) is 1.71. The average molecular weight is 384 g/mol. The molecular formula is C18H23ClFN3O3. The number of hydrogen-bond donors (Lipinski definition) is 2. The SMILES string of the molecule is CC1(C(=O)O)CCN(C(=O)N[C@H]2CCN(c3ccc(F)c(Cl)c3)C2)CC1. The predicted molar refractivity (Wildman–Crippen MR) is 97.1 cm³/mol. The maximum absolute atomic E-state index is 13.3. The van der Waals surface area contributed by atoms with Gasteiger partial charge in [0.1, 0.15) is 5.82 Å². The Bertz CT molecular complexity index is 707. The molecule has 2 aliphatic heterocycles. The molecule has 0 aromatic heterocycles. The number of carboxylic acids is 1. The van der Waals surface area contributed by atoms with Crippen molar-refractivity contribution in [1.29, 1.82) is 0 Å². The predicted octanol–water partition coefficient (Wildman–Crippen LogP) is 2.95. The second-order valence-corrected chi connectivity index (χ2v) is 7.74. The highest BCUT2D eigenvalue weighted by Crippen LogP contribution is 2.31. The molecule has 1 aromatic rings. The zero-order chi connectivity index (χ0) is 18.9. The summed E-state index contributed by atoms with van der Waals surface area (Å²) in [4.78, 5) is 27.5. The summed E-state index contributed by atoms with van der Waals surface area (Å²) < 4.78 is 13.3. The lowest BCUT2D eigenvalue weighted by Crippen LogP contribution is -2.51. The first-order valence-corrected chi connectivity index (χ1v) is 9.15. The summed E-state index contributed by atoms with van der Waals surface area (Å²) in [6, 6.07) is 4.47. The molecule has 2 amide bonds. The number of urea groups is 1. The van der Waals surface area contributed by atoms with Crippen molar-refractivity contribution >= 4 is 29.3 Å². The first-order valence-electron chi connectivity index (χ1n) is 8.77. The molecule has 8 heteroatoms. The van der Waals surface area contributed by atoms with Crippen LogP contribution in [0.3, 0.4) is 0 Å². The first kappa shape index (κ1) is 18.8. The number of likely N-dealkylation sites (tertiary alicyclic amines) is 1. The van der Waals surface area contributed by atoms with Crippen molar-refractivity contribution in [2.75, 3.05) is 31.1 Å². The standard InChI is InChI=1S/C18H23ClFN3O3/c1-18(16(24)25)5-8-22(9-6-18)17(26)21-12-4-7-23(11-12)13-2-3-15(20)14(19)10-13/h2-3,10,12H,4-9,11H2,1H3,(H,21,26)(H,24,25)/t12-/m0/s1. The van der Waals surface area contributed by atoms with Crippen molar-refractivity contribution in [3.63, 3.8) is 0 Å². The van der Waals surface area contributed by atoms with Crippen LogP contribution >= 0.6 is 11.6 Å². The van der Waals surface area contributed by atoms with Gasteiger partial charge in [-0.05, 0) is 44.4 Å². The third-order valence-corrected chi connectivity index (χ3v) is 5.74. The van der Waals surface area contributed by atoms with Crippen molar-refractivity contribution < 1.29 is 19.1 Å². The highest BCUT2D eigenvalue weighted by atomic mass is 35.5. The Hall–Kier alpha value is -2.02. The number of halogens is 2.